The topological polar surface area (TPSA) is 84.9 Å². The molecule has 0 aromatic heterocycles. The monoisotopic (exact) mass is 746 g/mol. The third-order valence-corrected chi connectivity index (χ3v) is 7.73. The molecule has 13 heteroatoms. The van der Waals surface area contributed by atoms with Crippen molar-refractivity contribution < 1.29 is 37.0 Å². The van der Waals surface area contributed by atoms with Crippen molar-refractivity contribution >= 4 is 79.1 Å². The van der Waals surface area contributed by atoms with Crippen LogP contribution in [0.15, 0.2) is 70.0 Å². The van der Waals surface area contributed by atoms with E-state index in [9.17, 15) is 27.6 Å². The van der Waals surface area contributed by atoms with Crippen LogP contribution in [0.5, 0.6) is 11.5 Å². The van der Waals surface area contributed by atoms with Crippen LogP contribution in [0, 0.1) is 3.57 Å². The van der Waals surface area contributed by atoms with Crippen LogP contribution in [0.2, 0.25) is 0 Å². The number of hydrogen-bond donors (Lipinski definition) is 1. The van der Waals surface area contributed by atoms with Gasteiger partial charge in [-0.15, -0.1) is 0 Å². The van der Waals surface area contributed by atoms with Gasteiger partial charge in [-0.1, -0.05) is 34.1 Å². The van der Waals surface area contributed by atoms with Crippen molar-refractivity contribution in [1.29, 1.82) is 0 Å². The molecule has 40 heavy (non-hydrogen) atoms. The Hall–Kier alpha value is -3.04. The number of alkyl halides is 3. The van der Waals surface area contributed by atoms with Crippen LogP contribution in [-0.2, 0) is 22.4 Å². The van der Waals surface area contributed by atoms with Gasteiger partial charge >= 0.3 is 6.18 Å². The van der Waals surface area contributed by atoms with Gasteiger partial charge in [0.2, 0.25) is 5.91 Å². The van der Waals surface area contributed by atoms with E-state index in [2.05, 4.69) is 43.8 Å². The van der Waals surface area contributed by atoms with Gasteiger partial charge in [-0.05, 0) is 94.0 Å². The van der Waals surface area contributed by atoms with E-state index in [4.69, 9.17) is 9.47 Å². The zero-order valence-corrected chi connectivity index (χ0v) is 25.1. The number of nitrogens with one attached hydrogen (secondary N) is 1. The Bertz CT molecular complexity index is 1500. The molecule has 0 atom stereocenters. The normalized spacial score (nSPS) is 14.6. The largest absolute Gasteiger partial charge is 0.493 e. The van der Waals surface area contributed by atoms with Crippen LogP contribution in [0.4, 0.5) is 23.7 Å². The molecule has 0 spiro atoms. The molecule has 0 unspecified atom stereocenters. The van der Waals surface area contributed by atoms with Gasteiger partial charge in [-0.3, -0.25) is 19.3 Å². The highest BCUT2D eigenvalue weighted by Gasteiger charge is 2.36. The summed E-state index contributed by atoms with van der Waals surface area (Å²) >= 11 is 6.13. The van der Waals surface area contributed by atoms with E-state index in [-0.39, 0.29) is 10.6 Å². The van der Waals surface area contributed by atoms with Crippen molar-refractivity contribution in [1.82, 2.24) is 4.90 Å². The van der Waals surface area contributed by atoms with Crippen LogP contribution in [0.3, 0.4) is 0 Å². The summed E-state index contributed by atoms with van der Waals surface area (Å²) in [6, 6.07) is 15.2. The summed E-state index contributed by atoms with van der Waals surface area (Å²) < 4.78 is 51.9. The Kier molecular flexibility index (Phi) is 9.46. The third kappa shape index (κ3) is 7.37. The first-order valence-corrected chi connectivity index (χ1v) is 14.1. The van der Waals surface area contributed by atoms with Crippen molar-refractivity contribution in [3.8, 4) is 11.5 Å². The standard InChI is InChI=1S/C27H19BrF3IN2O5S/c1-38-21-10-16(9-20(32)24(21)39-14-15-5-7-18(28)8-6-15)11-22-25(36)34(26(37)40-22)13-23(35)33-19-4-2-3-17(12-19)27(29,30)31/h2-12H,13-14H2,1H3,(H,33,35)/b22-11-. The summed E-state index contributed by atoms with van der Waals surface area (Å²) in [5, 5.41) is 1.62. The Morgan fingerprint density at radius 2 is 1.85 bits per heavy atom. The number of nitrogens with zero attached hydrogens (tertiary/aromatic N) is 1. The molecule has 0 bridgehead atoms. The van der Waals surface area contributed by atoms with Gasteiger partial charge in [-0.2, -0.15) is 13.2 Å². The van der Waals surface area contributed by atoms with Gasteiger partial charge < -0.3 is 14.8 Å². The predicted octanol–water partition coefficient (Wildman–Crippen LogP) is 7.34. The number of amides is 3. The van der Waals surface area contributed by atoms with Crippen LogP contribution < -0.4 is 14.8 Å². The lowest BCUT2D eigenvalue weighted by molar-refractivity contribution is -0.137. The number of ether oxygens (including phenoxy) is 2. The van der Waals surface area contributed by atoms with E-state index in [0.717, 1.165) is 33.1 Å². The molecule has 0 aliphatic carbocycles. The highest BCUT2D eigenvalue weighted by Crippen LogP contribution is 2.38. The quantitative estimate of drug-likeness (QED) is 0.192. The number of benzene rings is 3. The molecule has 208 valence electrons. The van der Waals surface area contributed by atoms with E-state index in [0.29, 0.717) is 39.0 Å². The molecule has 1 N–H and O–H groups in total. The first-order chi connectivity index (χ1) is 18.9. The minimum atomic E-state index is -4.58. The van der Waals surface area contributed by atoms with Gasteiger partial charge in [0.25, 0.3) is 11.1 Å². The third-order valence-electron chi connectivity index (χ3n) is 5.49. The summed E-state index contributed by atoms with van der Waals surface area (Å²) in [7, 11) is 1.48. The van der Waals surface area contributed by atoms with Crippen LogP contribution in [0.1, 0.15) is 16.7 Å². The number of halogens is 5. The fraction of sp³-hybridized carbons (Fsp3) is 0.148. The van der Waals surface area contributed by atoms with Crippen molar-refractivity contribution in [2.75, 3.05) is 19.0 Å². The van der Waals surface area contributed by atoms with Gasteiger partial charge in [-0.25, -0.2) is 0 Å². The maximum atomic E-state index is 12.9. The van der Waals surface area contributed by atoms with Crippen molar-refractivity contribution in [3.05, 3.63) is 90.3 Å². The molecular formula is C27H19BrF3IN2O5S. The zero-order chi connectivity index (χ0) is 29.0. The number of rotatable bonds is 8. The molecule has 4 rings (SSSR count). The van der Waals surface area contributed by atoms with E-state index in [1.54, 1.807) is 12.1 Å². The second-order valence-electron chi connectivity index (χ2n) is 8.34. The summed E-state index contributed by atoms with van der Waals surface area (Å²) in [6.07, 6.45) is -3.08. The highest BCUT2D eigenvalue weighted by molar-refractivity contribution is 14.1. The van der Waals surface area contributed by atoms with E-state index in [1.807, 2.05) is 24.3 Å². The number of thioether (sulfide) groups is 1. The summed E-state index contributed by atoms with van der Waals surface area (Å²) in [4.78, 5) is 38.6. The molecule has 0 radical (unpaired) electrons. The fourth-order valence-corrected chi connectivity index (χ4v) is 5.49. The average molecular weight is 747 g/mol. The van der Waals surface area contributed by atoms with Crippen LogP contribution in [0.25, 0.3) is 6.08 Å². The first kappa shape index (κ1) is 29.9. The van der Waals surface area contributed by atoms with Crippen molar-refractivity contribution in [2.24, 2.45) is 0 Å². The van der Waals surface area contributed by atoms with Gasteiger partial charge in [0.15, 0.2) is 11.5 Å². The van der Waals surface area contributed by atoms with Crippen molar-refractivity contribution in [3.63, 3.8) is 0 Å². The second kappa shape index (κ2) is 12.6. The minimum absolute atomic E-state index is 0.0817. The highest BCUT2D eigenvalue weighted by atomic mass is 127. The molecule has 1 saturated heterocycles. The number of anilines is 1. The molecular weight excluding hydrogens is 728 g/mol. The zero-order valence-electron chi connectivity index (χ0n) is 20.6. The van der Waals surface area contributed by atoms with E-state index >= 15 is 0 Å². The predicted molar refractivity (Wildman–Crippen MR) is 157 cm³/mol. The number of methoxy groups -OCH3 is 1. The molecule has 3 aromatic rings. The van der Waals surface area contributed by atoms with Crippen LogP contribution >= 0.6 is 50.3 Å². The first-order valence-electron chi connectivity index (χ1n) is 11.4. The Balaban J connectivity index is 1.45. The van der Waals surface area contributed by atoms with E-state index in [1.165, 1.54) is 19.3 Å². The molecule has 3 amide bonds. The maximum Gasteiger partial charge on any atom is 0.416 e. The summed E-state index contributed by atoms with van der Waals surface area (Å²) in [6.45, 7) is -0.345. The Labute approximate surface area is 253 Å². The number of imide groups is 1. The number of hydrogen-bond acceptors (Lipinski definition) is 6. The molecule has 1 aliphatic heterocycles. The molecule has 3 aromatic carbocycles. The van der Waals surface area contributed by atoms with Gasteiger partial charge in [0, 0.05) is 10.2 Å². The SMILES string of the molecule is COc1cc(/C=C2\SC(=O)N(CC(=O)Nc3cccc(C(F)(F)F)c3)C2=O)cc(I)c1OCc1ccc(Br)cc1. The molecule has 1 heterocycles. The lowest BCUT2D eigenvalue weighted by Crippen LogP contribution is -2.36. The molecule has 1 aliphatic rings. The summed E-state index contributed by atoms with van der Waals surface area (Å²) in [5.41, 5.74) is 0.479. The summed E-state index contributed by atoms with van der Waals surface area (Å²) in [5.74, 6) is -0.567. The Morgan fingerprint density at radius 1 is 1.12 bits per heavy atom. The van der Waals surface area contributed by atoms with Crippen LogP contribution in [-0.4, -0.2) is 35.6 Å². The van der Waals surface area contributed by atoms with Gasteiger partial charge in [0.05, 0.1) is 21.1 Å². The smallest absolute Gasteiger partial charge is 0.416 e. The number of carbonyl (C=O) groups is 3. The Morgan fingerprint density at radius 3 is 2.52 bits per heavy atom. The van der Waals surface area contributed by atoms with Crippen molar-refractivity contribution in [2.45, 2.75) is 12.8 Å². The lowest BCUT2D eigenvalue weighted by atomic mass is 10.1. The fourth-order valence-electron chi connectivity index (χ4n) is 3.60. The average Bonchev–Trinajstić information content (AvgIpc) is 3.15. The molecule has 7 nitrogen and oxygen atoms in total. The minimum Gasteiger partial charge on any atom is -0.493 e. The maximum absolute atomic E-state index is 12.9. The second-order valence-corrected chi connectivity index (χ2v) is 11.4. The molecule has 1 fully saturated rings. The van der Waals surface area contributed by atoms with Gasteiger partial charge in [0.1, 0.15) is 13.2 Å². The van der Waals surface area contributed by atoms with E-state index < -0.39 is 35.3 Å². The molecule has 0 saturated carbocycles. The number of carbonyl (C=O) groups excluding carboxylic acids is 3. The lowest BCUT2D eigenvalue weighted by Gasteiger charge is -2.14.